The smallest absolute Gasteiger partial charge is 0.306 e. The molecule has 0 amide bonds. The molecular formula is C16H26O4S. The summed E-state index contributed by atoms with van der Waals surface area (Å²) in [6.45, 7) is 6.84. The van der Waals surface area contributed by atoms with Gasteiger partial charge in [-0.1, -0.05) is 20.8 Å². The summed E-state index contributed by atoms with van der Waals surface area (Å²) in [6, 6.07) is 0. The van der Waals surface area contributed by atoms with Crippen molar-refractivity contribution in [2.45, 2.75) is 59.0 Å². The fraction of sp³-hybridized carbons (Fsp3) is 0.938. The SMILES string of the molecule is CC1(C)[C@H]2CC[C@@]1(C)[C@H](OC(=O)C[C@H]1CCS(=O)(=O)C1)C2. The highest BCUT2D eigenvalue weighted by molar-refractivity contribution is 7.91. The third-order valence-electron chi connectivity index (χ3n) is 6.77. The van der Waals surface area contributed by atoms with Crippen LogP contribution >= 0.6 is 0 Å². The number of esters is 1. The molecule has 3 rings (SSSR count). The van der Waals surface area contributed by atoms with Crippen LogP contribution in [-0.2, 0) is 19.4 Å². The van der Waals surface area contributed by atoms with Crippen molar-refractivity contribution in [3.63, 3.8) is 0 Å². The van der Waals surface area contributed by atoms with Gasteiger partial charge in [-0.3, -0.25) is 4.79 Å². The van der Waals surface area contributed by atoms with Crippen molar-refractivity contribution in [3.05, 3.63) is 0 Å². The largest absolute Gasteiger partial charge is 0.462 e. The lowest BCUT2D eigenvalue weighted by Gasteiger charge is -2.38. The zero-order valence-corrected chi connectivity index (χ0v) is 14.0. The van der Waals surface area contributed by atoms with E-state index in [4.69, 9.17) is 4.74 Å². The van der Waals surface area contributed by atoms with E-state index in [1.807, 2.05) is 0 Å². The molecule has 3 fully saturated rings. The van der Waals surface area contributed by atoms with E-state index < -0.39 is 9.84 Å². The predicted octanol–water partition coefficient (Wildman–Crippen LogP) is 2.57. The van der Waals surface area contributed by atoms with E-state index in [-0.39, 0.29) is 46.7 Å². The molecule has 5 heteroatoms. The number of fused-ring (bicyclic) bond motifs is 2. The highest BCUT2D eigenvalue weighted by Crippen LogP contribution is 2.66. The van der Waals surface area contributed by atoms with Crippen LogP contribution in [0.5, 0.6) is 0 Å². The number of sulfone groups is 1. The fourth-order valence-electron chi connectivity index (χ4n) is 4.78. The van der Waals surface area contributed by atoms with Crippen molar-refractivity contribution < 1.29 is 17.9 Å². The van der Waals surface area contributed by atoms with E-state index in [0.29, 0.717) is 12.3 Å². The van der Waals surface area contributed by atoms with Gasteiger partial charge in [-0.25, -0.2) is 8.42 Å². The number of ether oxygens (including phenoxy) is 1. The zero-order valence-electron chi connectivity index (χ0n) is 13.2. The van der Waals surface area contributed by atoms with Crippen LogP contribution in [0.4, 0.5) is 0 Å². The molecule has 4 nitrogen and oxygen atoms in total. The number of carbonyl (C=O) groups is 1. The molecule has 1 saturated heterocycles. The average molecular weight is 314 g/mol. The monoisotopic (exact) mass is 314 g/mol. The standard InChI is InChI=1S/C16H26O4S/c1-15(2)12-4-6-16(15,3)13(9-12)20-14(17)8-11-5-7-21(18,19)10-11/h11-13H,4-10H2,1-3H3/t11-,12+,13-,16+/m1/s1. The van der Waals surface area contributed by atoms with E-state index in [1.54, 1.807) is 0 Å². The van der Waals surface area contributed by atoms with Crippen molar-refractivity contribution in [2.75, 3.05) is 11.5 Å². The molecule has 1 heterocycles. The summed E-state index contributed by atoms with van der Waals surface area (Å²) in [5.41, 5.74) is 0.309. The highest BCUT2D eigenvalue weighted by atomic mass is 32.2. The summed E-state index contributed by atoms with van der Waals surface area (Å²) in [5.74, 6) is 0.778. The molecule has 0 aromatic heterocycles. The normalized spacial score (nSPS) is 43.1. The Hall–Kier alpha value is -0.580. The number of hydrogen-bond donors (Lipinski definition) is 0. The lowest BCUT2D eigenvalue weighted by atomic mass is 9.70. The van der Waals surface area contributed by atoms with E-state index in [9.17, 15) is 13.2 Å². The lowest BCUT2D eigenvalue weighted by molar-refractivity contribution is -0.157. The molecule has 2 aliphatic carbocycles. The van der Waals surface area contributed by atoms with Crippen LogP contribution < -0.4 is 0 Å². The first-order chi connectivity index (χ1) is 9.64. The molecule has 4 atom stereocenters. The topological polar surface area (TPSA) is 60.4 Å². The van der Waals surface area contributed by atoms with Gasteiger partial charge in [0.25, 0.3) is 0 Å². The minimum atomic E-state index is -2.92. The Kier molecular flexibility index (Phi) is 3.43. The molecule has 0 aromatic rings. The van der Waals surface area contributed by atoms with Gasteiger partial charge in [0.05, 0.1) is 11.5 Å². The number of rotatable bonds is 3. The van der Waals surface area contributed by atoms with Gasteiger partial charge in [0.15, 0.2) is 9.84 Å². The summed E-state index contributed by atoms with van der Waals surface area (Å²) in [6.07, 6.45) is 4.21. The van der Waals surface area contributed by atoms with Gasteiger partial charge in [-0.2, -0.15) is 0 Å². The summed E-state index contributed by atoms with van der Waals surface area (Å²) in [5, 5.41) is 0. The van der Waals surface area contributed by atoms with E-state index in [0.717, 1.165) is 12.8 Å². The molecule has 1 aliphatic heterocycles. The van der Waals surface area contributed by atoms with Crippen molar-refractivity contribution >= 4 is 15.8 Å². The summed E-state index contributed by atoms with van der Waals surface area (Å²) >= 11 is 0. The Labute approximate surface area is 127 Å². The first-order valence-corrected chi connectivity index (χ1v) is 9.86. The molecule has 0 spiro atoms. The van der Waals surface area contributed by atoms with Crippen LogP contribution in [0, 0.1) is 22.7 Å². The Morgan fingerprint density at radius 1 is 1.24 bits per heavy atom. The second-order valence-corrected chi connectivity index (χ2v) is 10.3. The second-order valence-electron chi connectivity index (χ2n) is 8.06. The van der Waals surface area contributed by atoms with Gasteiger partial charge >= 0.3 is 5.97 Å². The van der Waals surface area contributed by atoms with E-state index >= 15 is 0 Å². The molecule has 120 valence electrons. The summed E-state index contributed by atoms with van der Waals surface area (Å²) in [7, 11) is -2.92. The lowest BCUT2D eigenvalue weighted by Crippen LogP contribution is -2.38. The summed E-state index contributed by atoms with van der Waals surface area (Å²) in [4.78, 5) is 12.2. The minimum Gasteiger partial charge on any atom is -0.462 e. The van der Waals surface area contributed by atoms with Gasteiger partial charge in [-0.05, 0) is 42.9 Å². The van der Waals surface area contributed by atoms with Crippen molar-refractivity contribution in [3.8, 4) is 0 Å². The van der Waals surface area contributed by atoms with Crippen LogP contribution in [0.2, 0.25) is 0 Å². The maximum atomic E-state index is 12.2. The zero-order chi connectivity index (χ0) is 15.5. The van der Waals surface area contributed by atoms with Crippen LogP contribution in [0.15, 0.2) is 0 Å². The third kappa shape index (κ3) is 2.41. The quantitative estimate of drug-likeness (QED) is 0.751. The van der Waals surface area contributed by atoms with Gasteiger partial charge in [0, 0.05) is 11.8 Å². The van der Waals surface area contributed by atoms with Crippen LogP contribution in [-0.4, -0.2) is 32.0 Å². The summed E-state index contributed by atoms with van der Waals surface area (Å²) < 4.78 is 28.7. The Balaban J connectivity index is 1.60. The maximum absolute atomic E-state index is 12.2. The second kappa shape index (κ2) is 4.71. The first-order valence-electron chi connectivity index (χ1n) is 8.04. The molecule has 21 heavy (non-hydrogen) atoms. The average Bonchev–Trinajstić information content (AvgIpc) is 2.86. The molecule has 2 bridgehead atoms. The van der Waals surface area contributed by atoms with Gasteiger partial charge in [0.1, 0.15) is 6.10 Å². The van der Waals surface area contributed by atoms with Gasteiger partial charge < -0.3 is 4.74 Å². The van der Waals surface area contributed by atoms with Crippen molar-refractivity contribution in [1.29, 1.82) is 0 Å². The van der Waals surface area contributed by atoms with Crippen molar-refractivity contribution in [2.24, 2.45) is 22.7 Å². The molecule has 0 aromatic carbocycles. The first kappa shape index (κ1) is 15.3. The predicted molar refractivity (Wildman–Crippen MR) is 80.5 cm³/mol. The molecule has 0 unspecified atom stereocenters. The Morgan fingerprint density at radius 3 is 2.43 bits per heavy atom. The number of carbonyl (C=O) groups excluding carboxylic acids is 1. The van der Waals surface area contributed by atoms with Crippen LogP contribution in [0.1, 0.15) is 52.9 Å². The van der Waals surface area contributed by atoms with Gasteiger partial charge in [-0.15, -0.1) is 0 Å². The van der Waals surface area contributed by atoms with E-state index in [1.165, 1.54) is 6.42 Å². The molecular weight excluding hydrogens is 288 g/mol. The molecule has 0 N–H and O–H groups in total. The molecule has 0 radical (unpaired) electrons. The molecule has 3 aliphatic rings. The maximum Gasteiger partial charge on any atom is 0.306 e. The van der Waals surface area contributed by atoms with Crippen LogP contribution in [0.3, 0.4) is 0 Å². The Morgan fingerprint density at radius 2 is 1.95 bits per heavy atom. The number of hydrogen-bond acceptors (Lipinski definition) is 4. The fourth-order valence-corrected chi connectivity index (χ4v) is 6.65. The Bertz CT molecular complexity index is 551. The molecule has 2 saturated carbocycles. The minimum absolute atomic E-state index is 0.0109. The van der Waals surface area contributed by atoms with Crippen molar-refractivity contribution in [1.82, 2.24) is 0 Å². The van der Waals surface area contributed by atoms with E-state index in [2.05, 4.69) is 20.8 Å². The highest BCUT2D eigenvalue weighted by Gasteiger charge is 2.62. The third-order valence-corrected chi connectivity index (χ3v) is 8.61. The van der Waals surface area contributed by atoms with Crippen LogP contribution in [0.25, 0.3) is 0 Å². The van der Waals surface area contributed by atoms with Gasteiger partial charge in [0.2, 0.25) is 0 Å².